The Labute approximate surface area is 152 Å². The molecule has 2 aromatic carbocycles. The summed E-state index contributed by atoms with van der Waals surface area (Å²) in [5, 5.41) is 3.30. The van der Waals surface area contributed by atoms with Crippen LogP contribution in [0.5, 0.6) is 0 Å². The summed E-state index contributed by atoms with van der Waals surface area (Å²) in [6, 6.07) is 15.1. The largest absolute Gasteiger partial charge is 0.377 e. The summed E-state index contributed by atoms with van der Waals surface area (Å²) in [7, 11) is 3.89. The number of carbonyl (C=O) groups excluding carboxylic acids is 2. The van der Waals surface area contributed by atoms with E-state index in [-0.39, 0.29) is 6.54 Å². The second kappa shape index (κ2) is 7.58. The van der Waals surface area contributed by atoms with Crippen LogP contribution in [0.15, 0.2) is 54.7 Å². The number of aromatic amines is 1. The lowest BCUT2D eigenvalue weighted by atomic mass is 10.1. The highest BCUT2D eigenvalue weighted by Crippen LogP contribution is 2.18. The molecule has 0 aliphatic heterocycles. The van der Waals surface area contributed by atoms with Gasteiger partial charge in [0.05, 0.1) is 17.8 Å². The molecule has 3 rings (SSSR count). The van der Waals surface area contributed by atoms with E-state index >= 15 is 0 Å². The highest BCUT2D eigenvalue weighted by Gasteiger charge is 2.18. The number of benzene rings is 2. The fourth-order valence-electron chi connectivity index (χ4n) is 2.70. The van der Waals surface area contributed by atoms with Gasteiger partial charge in [0.1, 0.15) is 0 Å². The first kappa shape index (κ1) is 17.3. The van der Waals surface area contributed by atoms with Gasteiger partial charge in [0.15, 0.2) is 0 Å². The first-order valence-electron chi connectivity index (χ1n) is 8.22. The monoisotopic (exact) mass is 345 g/mol. The predicted octanol–water partition coefficient (Wildman–Crippen LogP) is 2.58. The SMILES string of the molecule is CN(C)c1ccccc1C#CCNC(=O)C(=O)c1c[nH]c2ccccc12. The Balaban J connectivity index is 1.66. The Hall–Kier alpha value is -3.52. The van der Waals surface area contributed by atoms with E-state index in [1.165, 1.54) is 0 Å². The molecule has 1 heterocycles. The number of nitrogens with one attached hydrogen (secondary N) is 2. The number of para-hydroxylation sites is 2. The van der Waals surface area contributed by atoms with E-state index in [4.69, 9.17) is 0 Å². The zero-order valence-electron chi connectivity index (χ0n) is 14.7. The molecule has 0 spiro atoms. The summed E-state index contributed by atoms with van der Waals surface area (Å²) in [6.07, 6.45) is 1.56. The highest BCUT2D eigenvalue weighted by molar-refractivity contribution is 6.45. The van der Waals surface area contributed by atoms with Crippen LogP contribution in [0.1, 0.15) is 15.9 Å². The van der Waals surface area contributed by atoms with Crippen LogP contribution in [-0.2, 0) is 4.79 Å². The maximum Gasteiger partial charge on any atom is 0.293 e. The third kappa shape index (κ3) is 3.60. The molecule has 0 bridgehead atoms. The van der Waals surface area contributed by atoms with Crippen molar-refractivity contribution in [1.82, 2.24) is 10.3 Å². The molecule has 0 radical (unpaired) electrons. The minimum absolute atomic E-state index is 0.106. The van der Waals surface area contributed by atoms with Gasteiger partial charge in [-0.25, -0.2) is 0 Å². The van der Waals surface area contributed by atoms with E-state index < -0.39 is 11.7 Å². The molecule has 0 aliphatic rings. The Bertz CT molecular complexity index is 1020. The number of hydrogen-bond donors (Lipinski definition) is 2. The number of fused-ring (bicyclic) bond motifs is 1. The predicted molar refractivity (Wildman–Crippen MR) is 103 cm³/mol. The summed E-state index contributed by atoms with van der Waals surface area (Å²) in [5.74, 6) is 4.69. The zero-order valence-corrected chi connectivity index (χ0v) is 14.7. The number of hydrogen-bond acceptors (Lipinski definition) is 3. The summed E-state index contributed by atoms with van der Waals surface area (Å²) in [4.78, 5) is 29.4. The molecule has 5 nitrogen and oxygen atoms in total. The summed E-state index contributed by atoms with van der Waals surface area (Å²) in [5.41, 5.74) is 3.06. The summed E-state index contributed by atoms with van der Waals surface area (Å²) in [6.45, 7) is 0.106. The van der Waals surface area contributed by atoms with Gasteiger partial charge in [-0.05, 0) is 18.2 Å². The molecule has 0 saturated carbocycles. The Morgan fingerprint density at radius 1 is 1.08 bits per heavy atom. The van der Waals surface area contributed by atoms with Crippen molar-refractivity contribution in [1.29, 1.82) is 0 Å². The molecule has 1 amide bonds. The molecule has 0 saturated heterocycles. The van der Waals surface area contributed by atoms with Gasteiger partial charge in [0.2, 0.25) is 0 Å². The lowest BCUT2D eigenvalue weighted by molar-refractivity contribution is -0.116. The second-order valence-corrected chi connectivity index (χ2v) is 5.97. The molecule has 1 aromatic heterocycles. The molecule has 2 N–H and O–H groups in total. The smallest absolute Gasteiger partial charge is 0.293 e. The first-order chi connectivity index (χ1) is 12.6. The van der Waals surface area contributed by atoms with Crippen LogP contribution < -0.4 is 10.2 Å². The van der Waals surface area contributed by atoms with Gasteiger partial charge in [-0.3, -0.25) is 9.59 Å². The van der Waals surface area contributed by atoms with Crippen molar-refractivity contribution in [3.8, 4) is 11.8 Å². The number of H-pyrrole nitrogens is 1. The molecule has 5 heteroatoms. The van der Waals surface area contributed by atoms with Gasteiger partial charge in [0, 0.05) is 36.8 Å². The van der Waals surface area contributed by atoms with Crippen molar-refractivity contribution in [2.75, 3.05) is 25.5 Å². The van der Waals surface area contributed by atoms with E-state index in [0.717, 1.165) is 22.2 Å². The number of rotatable bonds is 4. The maximum absolute atomic E-state index is 12.3. The summed E-state index contributed by atoms with van der Waals surface area (Å²) >= 11 is 0. The number of carbonyl (C=O) groups is 2. The normalized spacial score (nSPS) is 10.1. The van der Waals surface area contributed by atoms with Crippen LogP contribution in [0, 0.1) is 11.8 Å². The molecule has 0 fully saturated rings. The van der Waals surface area contributed by atoms with E-state index in [1.807, 2.05) is 67.5 Å². The van der Waals surface area contributed by atoms with Crippen molar-refractivity contribution in [3.05, 3.63) is 65.9 Å². The van der Waals surface area contributed by atoms with Gasteiger partial charge in [0.25, 0.3) is 11.7 Å². The Morgan fingerprint density at radius 3 is 2.62 bits per heavy atom. The maximum atomic E-state index is 12.3. The minimum atomic E-state index is -0.662. The molecule has 3 aromatic rings. The molecule has 0 unspecified atom stereocenters. The first-order valence-corrected chi connectivity index (χ1v) is 8.22. The average Bonchev–Trinajstić information content (AvgIpc) is 3.08. The lowest BCUT2D eigenvalue weighted by Gasteiger charge is -2.13. The van der Waals surface area contributed by atoms with Gasteiger partial charge >= 0.3 is 0 Å². The van der Waals surface area contributed by atoms with Crippen molar-refractivity contribution in [3.63, 3.8) is 0 Å². The van der Waals surface area contributed by atoms with Gasteiger partial charge in [-0.15, -0.1) is 0 Å². The lowest BCUT2D eigenvalue weighted by Crippen LogP contribution is -2.31. The van der Waals surface area contributed by atoms with Crippen LogP contribution in [0.3, 0.4) is 0 Å². The molecule has 0 atom stereocenters. The average molecular weight is 345 g/mol. The van der Waals surface area contributed by atoms with E-state index in [2.05, 4.69) is 22.1 Å². The standard InChI is InChI=1S/C21H19N3O2/c1-24(2)19-12-6-3-8-15(19)9-7-13-22-21(26)20(25)17-14-23-18-11-5-4-10-16(17)18/h3-6,8,10-12,14,23H,13H2,1-2H3,(H,22,26). The van der Waals surface area contributed by atoms with Crippen molar-refractivity contribution >= 4 is 28.3 Å². The number of anilines is 1. The minimum Gasteiger partial charge on any atom is -0.377 e. The van der Waals surface area contributed by atoms with E-state index in [0.29, 0.717) is 5.56 Å². The van der Waals surface area contributed by atoms with Gasteiger partial charge in [-0.1, -0.05) is 42.2 Å². The third-order valence-corrected chi connectivity index (χ3v) is 3.99. The number of aromatic nitrogens is 1. The fraction of sp³-hybridized carbons (Fsp3) is 0.143. The van der Waals surface area contributed by atoms with E-state index in [1.54, 1.807) is 6.20 Å². The quantitative estimate of drug-likeness (QED) is 0.434. The van der Waals surface area contributed by atoms with Crippen LogP contribution >= 0.6 is 0 Å². The highest BCUT2D eigenvalue weighted by atomic mass is 16.2. The second-order valence-electron chi connectivity index (χ2n) is 5.97. The third-order valence-electron chi connectivity index (χ3n) is 3.99. The van der Waals surface area contributed by atoms with Crippen LogP contribution in [0.25, 0.3) is 10.9 Å². The van der Waals surface area contributed by atoms with Crippen molar-refractivity contribution in [2.45, 2.75) is 0 Å². The van der Waals surface area contributed by atoms with Gasteiger partial charge < -0.3 is 15.2 Å². The van der Waals surface area contributed by atoms with E-state index in [9.17, 15) is 9.59 Å². The number of Topliss-reactive ketones (excluding diaryl/α,β-unsaturated/α-hetero) is 1. The molecule has 26 heavy (non-hydrogen) atoms. The molecular formula is C21H19N3O2. The number of nitrogens with zero attached hydrogens (tertiary/aromatic N) is 1. The van der Waals surface area contributed by atoms with Crippen LogP contribution in [-0.4, -0.2) is 37.3 Å². The molecule has 0 aliphatic carbocycles. The molecule has 130 valence electrons. The van der Waals surface area contributed by atoms with Crippen LogP contribution in [0.4, 0.5) is 5.69 Å². The topological polar surface area (TPSA) is 65.2 Å². The van der Waals surface area contributed by atoms with Crippen molar-refractivity contribution < 1.29 is 9.59 Å². The van der Waals surface area contributed by atoms with Gasteiger partial charge in [-0.2, -0.15) is 0 Å². The fourth-order valence-corrected chi connectivity index (χ4v) is 2.70. The van der Waals surface area contributed by atoms with Crippen LogP contribution in [0.2, 0.25) is 0 Å². The Morgan fingerprint density at radius 2 is 1.81 bits per heavy atom. The Kier molecular flexibility index (Phi) is 5.04. The zero-order chi connectivity index (χ0) is 18.5. The summed E-state index contributed by atoms with van der Waals surface area (Å²) < 4.78 is 0. The number of amides is 1. The van der Waals surface area contributed by atoms with Crippen molar-refractivity contribution in [2.24, 2.45) is 0 Å². The molecular weight excluding hydrogens is 326 g/mol. The number of ketones is 1.